The van der Waals surface area contributed by atoms with Gasteiger partial charge in [0.05, 0.1) is 31.0 Å². The van der Waals surface area contributed by atoms with Crippen LogP contribution in [0.1, 0.15) is 36.6 Å². The number of carbonyl (C=O) groups is 1. The van der Waals surface area contributed by atoms with E-state index in [1.54, 1.807) is 6.92 Å². The maximum Gasteiger partial charge on any atom is 0.308 e. The van der Waals surface area contributed by atoms with E-state index in [4.69, 9.17) is 0 Å². The van der Waals surface area contributed by atoms with Gasteiger partial charge in [0.1, 0.15) is 11.5 Å². The van der Waals surface area contributed by atoms with Gasteiger partial charge in [-0.2, -0.15) is 5.10 Å². The Bertz CT molecular complexity index is 770. The standard InChI is InChI=1S/C16H16F3N3O2/c1-8-3-10(17)6-20-13(8)12-7-22(21-14(12)15(18)19)11-4-9(5-11)16(23)24-2/h3,6-7,9,11,15H,4-5H2,1-2H3. The first-order valence-corrected chi connectivity index (χ1v) is 7.48. The Balaban J connectivity index is 1.91. The van der Waals surface area contributed by atoms with Gasteiger partial charge in [0.15, 0.2) is 0 Å². The van der Waals surface area contributed by atoms with Gasteiger partial charge in [-0.1, -0.05) is 0 Å². The Morgan fingerprint density at radius 2 is 2.12 bits per heavy atom. The molecule has 0 amide bonds. The van der Waals surface area contributed by atoms with Crippen LogP contribution in [0.4, 0.5) is 13.2 Å². The number of rotatable bonds is 4. The number of nitrogens with zero attached hydrogens (tertiary/aromatic N) is 3. The molecule has 0 unspecified atom stereocenters. The highest BCUT2D eigenvalue weighted by molar-refractivity contribution is 5.73. The molecule has 1 saturated carbocycles. The minimum atomic E-state index is -2.77. The van der Waals surface area contributed by atoms with Gasteiger partial charge in [-0.15, -0.1) is 0 Å². The maximum absolute atomic E-state index is 13.3. The van der Waals surface area contributed by atoms with Gasteiger partial charge in [0, 0.05) is 11.8 Å². The highest BCUT2D eigenvalue weighted by atomic mass is 19.3. The number of methoxy groups -OCH3 is 1. The van der Waals surface area contributed by atoms with Crippen molar-refractivity contribution in [3.8, 4) is 11.3 Å². The van der Waals surface area contributed by atoms with E-state index in [9.17, 15) is 18.0 Å². The molecule has 0 spiro atoms. The van der Waals surface area contributed by atoms with Crippen molar-refractivity contribution in [2.75, 3.05) is 7.11 Å². The molecule has 24 heavy (non-hydrogen) atoms. The van der Waals surface area contributed by atoms with Gasteiger partial charge in [-0.05, 0) is 31.4 Å². The second-order valence-electron chi connectivity index (χ2n) is 5.87. The summed E-state index contributed by atoms with van der Waals surface area (Å²) in [5, 5.41) is 3.97. The molecule has 128 valence electrons. The minimum Gasteiger partial charge on any atom is -0.469 e. The number of alkyl halides is 2. The van der Waals surface area contributed by atoms with Crippen LogP contribution in [-0.2, 0) is 9.53 Å². The molecule has 0 radical (unpaired) electrons. The van der Waals surface area contributed by atoms with Crippen LogP contribution in [-0.4, -0.2) is 27.8 Å². The summed E-state index contributed by atoms with van der Waals surface area (Å²) in [7, 11) is 1.32. The zero-order valence-electron chi connectivity index (χ0n) is 13.2. The molecule has 1 aliphatic carbocycles. The highest BCUT2D eigenvalue weighted by Gasteiger charge is 2.38. The zero-order valence-corrected chi connectivity index (χ0v) is 13.2. The first-order chi connectivity index (χ1) is 11.4. The summed E-state index contributed by atoms with van der Waals surface area (Å²) >= 11 is 0. The number of halogens is 3. The van der Waals surface area contributed by atoms with Crippen molar-refractivity contribution < 1.29 is 22.7 Å². The van der Waals surface area contributed by atoms with Crippen LogP contribution in [0.2, 0.25) is 0 Å². The van der Waals surface area contributed by atoms with Gasteiger partial charge < -0.3 is 4.74 Å². The number of aromatic nitrogens is 3. The number of esters is 1. The van der Waals surface area contributed by atoms with E-state index < -0.39 is 17.9 Å². The molecule has 8 heteroatoms. The van der Waals surface area contributed by atoms with E-state index in [1.807, 2.05) is 0 Å². The Kier molecular flexibility index (Phi) is 4.29. The molecule has 1 fully saturated rings. The predicted molar refractivity (Wildman–Crippen MR) is 78.9 cm³/mol. The molecular weight excluding hydrogens is 323 g/mol. The van der Waals surface area contributed by atoms with Crippen LogP contribution >= 0.6 is 0 Å². The summed E-state index contributed by atoms with van der Waals surface area (Å²) in [6, 6.07) is 1.10. The van der Waals surface area contributed by atoms with E-state index in [2.05, 4.69) is 14.8 Å². The number of aryl methyl sites for hydroxylation is 1. The second-order valence-corrected chi connectivity index (χ2v) is 5.87. The monoisotopic (exact) mass is 339 g/mol. The number of carbonyl (C=O) groups excluding carboxylic acids is 1. The topological polar surface area (TPSA) is 57.0 Å². The van der Waals surface area contributed by atoms with Crippen molar-refractivity contribution in [1.82, 2.24) is 14.8 Å². The Morgan fingerprint density at radius 3 is 2.71 bits per heavy atom. The molecule has 0 aliphatic heterocycles. The first kappa shape index (κ1) is 16.5. The van der Waals surface area contributed by atoms with Gasteiger partial charge in [-0.25, -0.2) is 13.2 Å². The van der Waals surface area contributed by atoms with E-state index in [-0.39, 0.29) is 29.2 Å². The SMILES string of the molecule is COC(=O)C1CC(n2cc(-c3ncc(F)cc3C)c(C(F)F)n2)C1. The molecule has 0 N–H and O–H groups in total. The van der Waals surface area contributed by atoms with Crippen molar-refractivity contribution in [2.45, 2.75) is 32.2 Å². The average molecular weight is 339 g/mol. The molecule has 1 aliphatic rings. The summed E-state index contributed by atoms with van der Waals surface area (Å²) in [6.07, 6.45) is 0.695. The minimum absolute atomic E-state index is 0.138. The number of ether oxygens (including phenoxy) is 1. The van der Waals surface area contributed by atoms with Crippen molar-refractivity contribution in [3.63, 3.8) is 0 Å². The predicted octanol–water partition coefficient (Wildman–Crippen LogP) is 3.45. The Morgan fingerprint density at radius 1 is 1.42 bits per heavy atom. The number of hydrogen-bond acceptors (Lipinski definition) is 4. The van der Waals surface area contributed by atoms with E-state index in [0.29, 0.717) is 18.4 Å². The van der Waals surface area contributed by atoms with Gasteiger partial charge in [-0.3, -0.25) is 14.5 Å². The highest BCUT2D eigenvalue weighted by Crippen LogP contribution is 2.40. The fourth-order valence-corrected chi connectivity index (χ4v) is 2.92. The lowest BCUT2D eigenvalue weighted by Crippen LogP contribution is -2.33. The normalized spacial score (nSPS) is 20.1. The third-order valence-corrected chi connectivity index (χ3v) is 4.29. The first-order valence-electron chi connectivity index (χ1n) is 7.48. The summed E-state index contributed by atoms with van der Waals surface area (Å²) in [6.45, 7) is 1.61. The molecule has 2 aromatic rings. The fourth-order valence-electron chi connectivity index (χ4n) is 2.92. The molecule has 2 aromatic heterocycles. The molecular formula is C16H16F3N3O2. The summed E-state index contributed by atoms with van der Waals surface area (Å²) in [5.74, 6) is -1.06. The Labute approximate surface area is 136 Å². The third-order valence-electron chi connectivity index (χ3n) is 4.29. The van der Waals surface area contributed by atoms with E-state index in [1.165, 1.54) is 24.1 Å². The van der Waals surface area contributed by atoms with Crippen LogP contribution in [0.15, 0.2) is 18.5 Å². The summed E-state index contributed by atoms with van der Waals surface area (Å²) < 4.78 is 46.0. The molecule has 5 nitrogen and oxygen atoms in total. The van der Waals surface area contributed by atoms with E-state index in [0.717, 1.165) is 6.20 Å². The Hall–Kier alpha value is -2.38. The van der Waals surface area contributed by atoms with Crippen molar-refractivity contribution in [2.24, 2.45) is 5.92 Å². The molecule has 2 heterocycles. The van der Waals surface area contributed by atoms with Crippen LogP contribution < -0.4 is 0 Å². The number of pyridine rings is 1. The van der Waals surface area contributed by atoms with Gasteiger partial charge in [0.2, 0.25) is 0 Å². The van der Waals surface area contributed by atoms with Crippen molar-refractivity contribution in [1.29, 1.82) is 0 Å². The third kappa shape index (κ3) is 2.88. The molecule has 0 bridgehead atoms. The molecule has 0 atom stereocenters. The zero-order chi connectivity index (χ0) is 17.4. The van der Waals surface area contributed by atoms with Crippen LogP contribution in [0.5, 0.6) is 0 Å². The lowest BCUT2D eigenvalue weighted by atomic mass is 9.80. The van der Waals surface area contributed by atoms with Crippen molar-refractivity contribution >= 4 is 5.97 Å². The molecule has 3 rings (SSSR count). The fraction of sp³-hybridized carbons (Fsp3) is 0.438. The van der Waals surface area contributed by atoms with Crippen LogP contribution in [0.3, 0.4) is 0 Å². The summed E-state index contributed by atoms with van der Waals surface area (Å²) in [4.78, 5) is 15.4. The van der Waals surface area contributed by atoms with E-state index >= 15 is 0 Å². The quantitative estimate of drug-likeness (QED) is 0.801. The summed E-state index contributed by atoms with van der Waals surface area (Å²) in [5.41, 5.74) is 0.530. The van der Waals surface area contributed by atoms with Gasteiger partial charge >= 0.3 is 5.97 Å². The lowest BCUT2D eigenvalue weighted by Gasteiger charge is -2.33. The number of hydrogen-bond donors (Lipinski definition) is 0. The van der Waals surface area contributed by atoms with Crippen LogP contribution in [0.25, 0.3) is 11.3 Å². The van der Waals surface area contributed by atoms with Crippen molar-refractivity contribution in [3.05, 3.63) is 35.5 Å². The lowest BCUT2D eigenvalue weighted by molar-refractivity contribution is -0.149. The second kappa shape index (κ2) is 6.26. The van der Waals surface area contributed by atoms with Gasteiger partial charge in [0.25, 0.3) is 6.43 Å². The average Bonchev–Trinajstić information content (AvgIpc) is 2.90. The molecule has 0 saturated heterocycles. The smallest absolute Gasteiger partial charge is 0.308 e. The van der Waals surface area contributed by atoms with Crippen LogP contribution in [0, 0.1) is 18.7 Å². The largest absolute Gasteiger partial charge is 0.469 e. The molecule has 0 aromatic carbocycles. The maximum atomic E-state index is 13.3.